The number of allylic oxidation sites excluding steroid dienone is 1. The van der Waals surface area contributed by atoms with Crippen molar-refractivity contribution < 1.29 is 0 Å². The minimum Gasteiger partial charge on any atom is -0.372 e. The normalized spacial score (nSPS) is 19.1. The first-order chi connectivity index (χ1) is 37.9. The van der Waals surface area contributed by atoms with Gasteiger partial charge in [-0.05, 0) is 175 Å². The summed E-state index contributed by atoms with van der Waals surface area (Å²) < 4.78 is 0. The predicted molar refractivity (Wildman–Crippen MR) is 343 cm³/mol. The van der Waals surface area contributed by atoms with Crippen molar-refractivity contribution in [2.45, 2.75) is 142 Å². The van der Waals surface area contributed by atoms with E-state index in [2.05, 4.69) is 292 Å². The average molecular weight is 1050 g/mol. The van der Waals surface area contributed by atoms with Gasteiger partial charge in [0, 0.05) is 68.8 Å². The van der Waals surface area contributed by atoms with Crippen molar-refractivity contribution in [2.24, 2.45) is 4.99 Å². The third-order valence-corrected chi connectivity index (χ3v) is 19.0. The van der Waals surface area contributed by atoms with Crippen LogP contribution in [0.3, 0.4) is 0 Å². The molecule has 0 fully saturated rings. The zero-order valence-electron chi connectivity index (χ0n) is 49.7. The fourth-order valence-corrected chi connectivity index (χ4v) is 14.2. The number of aryl methyl sites for hydroxylation is 1. The van der Waals surface area contributed by atoms with Gasteiger partial charge in [0.05, 0.1) is 11.2 Å². The van der Waals surface area contributed by atoms with Crippen LogP contribution in [0.25, 0.3) is 16.7 Å². The van der Waals surface area contributed by atoms with Crippen LogP contribution < -0.4 is 36.4 Å². The summed E-state index contributed by atoms with van der Waals surface area (Å²) in [5, 5.41) is 3.38. The lowest BCUT2D eigenvalue weighted by atomic mass is 9.33. The predicted octanol–water partition coefficient (Wildman–Crippen LogP) is 16.9. The van der Waals surface area contributed by atoms with E-state index in [1.165, 1.54) is 112 Å². The second kappa shape index (κ2) is 18.0. The highest BCUT2D eigenvalue weighted by Gasteiger charge is 2.60. The van der Waals surface area contributed by atoms with Crippen LogP contribution in [0.2, 0.25) is 0 Å². The minimum atomic E-state index is -0.400. The molecule has 5 aliphatic rings. The van der Waals surface area contributed by atoms with Gasteiger partial charge in [0.2, 0.25) is 0 Å². The molecule has 0 saturated heterocycles. The summed E-state index contributed by atoms with van der Waals surface area (Å²) in [7, 11) is 0. The SMILES string of the molecule is CC(C)(C)c1ccc(N2c3cc(N4c5ccc(C6=CNCN=C6)cc5C5(C)CCc6ccccc6C45C)ccc3B3c4ccc(C(C)(C)C)cc4N(c4ccc(C(C)(C)C)cc4-c4ccccc4)c4cc(C(C)(C)C)cc2c43)cc1. The van der Waals surface area contributed by atoms with Crippen LogP contribution in [0.4, 0.5) is 45.5 Å². The lowest BCUT2D eigenvalue weighted by Crippen LogP contribution is -2.61. The van der Waals surface area contributed by atoms with Gasteiger partial charge in [-0.3, -0.25) is 4.99 Å². The second-order valence-electron chi connectivity index (χ2n) is 28.1. The lowest BCUT2D eigenvalue weighted by Gasteiger charge is -2.51. The van der Waals surface area contributed by atoms with Gasteiger partial charge in [-0.2, -0.15) is 0 Å². The van der Waals surface area contributed by atoms with Crippen molar-refractivity contribution >= 4 is 80.4 Å². The van der Waals surface area contributed by atoms with E-state index < -0.39 is 5.54 Å². The molecule has 2 unspecified atom stereocenters. The van der Waals surface area contributed by atoms with Crippen LogP contribution in [0.1, 0.15) is 148 Å². The Bertz CT molecular complexity index is 3880. The Labute approximate surface area is 477 Å². The Morgan fingerprint density at radius 3 is 1.73 bits per heavy atom. The fourth-order valence-electron chi connectivity index (χ4n) is 14.2. The second-order valence-corrected chi connectivity index (χ2v) is 28.1. The third kappa shape index (κ3) is 7.97. The number of nitrogens with one attached hydrogen (secondary N) is 1. The van der Waals surface area contributed by atoms with Gasteiger partial charge in [0.1, 0.15) is 6.67 Å². The zero-order valence-corrected chi connectivity index (χ0v) is 49.7. The van der Waals surface area contributed by atoms with Crippen molar-refractivity contribution in [2.75, 3.05) is 21.4 Å². The maximum Gasteiger partial charge on any atom is 0.252 e. The van der Waals surface area contributed by atoms with Crippen LogP contribution in [0, 0.1) is 0 Å². The molecule has 1 N–H and O–H groups in total. The molecular weight excluding hydrogens is 970 g/mol. The molecule has 2 atom stereocenters. The summed E-state index contributed by atoms with van der Waals surface area (Å²) in [6.07, 6.45) is 6.22. The molecule has 0 saturated carbocycles. The standard InChI is InChI=1S/C74H78BN5/c1-69(2,3)51-25-29-55(30-26-51)78-65-43-56(80-63-34-24-49(50-44-76-46-77-45-50)38-59(63)73(13)37-36-48-22-18-19-23-58(48)74(73,80)14)31-33-61(65)75-60-32-27-53(71(7,8)9)40-64(60)79(67-42-54(72(10,11)12)41-66(78)68(67)75)62-35-28-52(70(4,5)6)39-57(62)47-20-16-15-17-21-47/h15-35,38-45,76H,36-37,46H2,1-14H3. The molecule has 1 aliphatic carbocycles. The van der Waals surface area contributed by atoms with Crippen LogP contribution in [-0.4, -0.2) is 19.6 Å². The van der Waals surface area contributed by atoms with Gasteiger partial charge < -0.3 is 20.0 Å². The van der Waals surface area contributed by atoms with Crippen molar-refractivity contribution in [3.05, 3.63) is 214 Å². The maximum absolute atomic E-state index is 4.63. The number of nitrogens with zero attached hydrogens (tertiary/aromatic N) is 4. The first kappa shape index (κ1) is 51.8. The Morgan fingerprint density at radius 1 is 0.475 bits per heavy atom. The Balaban J connectivity index is 1.11. The molecule has 4 aliphatic heterocycles. The van der Waals surface area contributed by atoms with E-state index in [-0.39, 0.29) is 33.8 Å². The van der Waals surface area contributed by atoms with Crippen LogP contribution in [-0.2, 0) is 39.0 Å². The molecule has 80 heavy (non-hydrogen) atoms. The topological polar surface area (TPSA) is 34.1 Å². The number of aliphatic imine (C=N–C) groups is 1. The molecule has 5 nitrogen and oxygen atoms in total. The van der Waals surface area contributed by atoms with Crippen molar-refractivity contribution in [1.29, 1.82) is 0 Å². The molecule has 4 heterocycles. The largest absolute Gasteiger partial charge is 0.372 e. The van der Waals surface area contributed by atoms with E-state index in [0.717, 1.165) is 24.1 Å². The molecule has 0 aromatic heterocycles. The molecular formula is C74H78BN5. The van der Waals surface area contributed by atoms with E-state index in [1.54, 1.807) is 0 Å². The summed E-state index contributed by atoms with van der Waals surface area (Å²) in [5.74, 6) is 0. The maximum atomic E-state index is 4.63. The van der Waals surface area contributed by atoms with Crippen LogP contribution in [0.5, 0.6) is 0 Å². The summed E-state index contributed by atoms with van der Waals surface area (Å²) in [6, 6.07) is 64.4. The number of anilines is 8. The summed E-state index contributed by atoms with van der Waals surface area (Å²) in [4.78, 5) is 12.7. The highest BCUT2D eigenvalue weighted by molar-refractivity contribution is 7.00. The number of rotatable bonds is 5. The monoisotopic (exact) mass is 1050 g/mol. The van der Waals surface area contributed by atoms with E-state index in [4.69, 9.17) is 0 Å². The summed E-state index contributed by atoms with van der Waals surface area (Å²) >= 11 is 0. The fraction of sp³-hybridized carbons (Fsp3) is 0.311. The van der Waals surface area contributed by atoms with Crippen molar-refractivity contribution in [1.82, 2.24) is 5.32 Å². The molecule has 13 rings (SSSR count). The molecule has 0 spiro atoms. The van der Waals surface area contributed by atoms with Crippen molar-refractivity contribution in [3.63, 3.8) is 0 Å². The van der Waals surface area contributed by atoms with E-state index in [1.807, 2.05) is 6.21 Å². The molecule has 6 heteroatoms. The smallest absolute Gasteiger partial charge is 0.252 e. The van der Waals surface area contributed by atoms with Gasteiger partial charge in [-0.25, -0.2) is 0 Å². The van der Waals surface area contributed by atoms with Crippen LogP contribution >= 0.6 is 0 Å². The van der Waals surface area contributed by atoms with E-state index >= 15 is 0 Å². The van der Waals surface area contributed by atoms with Crippen LogP contribution in [0.15, 0.2) is 175 Å². The quantitative estimate of drug-likeness (QED) is 0.174. The number of benzene rings is 8. The molecule has 8 aromatic rings. The Hall–Kier alpha value is -7.57. The average Bonchev–Trinajstić information content (AvgIpc) is 3.90. The molecule has 8 aromatic carbocycles. The summed E-state index contributed by atoms with van der Waals surface area (Å²) in [5.41, 5.74) is 27.1. The highest BCUT2D eigenvalue weighted by atomic mass is 15.3. The third-order valence-electron chi connectivity index (χ3n) is 19.0. The number of fused-ring (bicyclic) bond motifs is 9. The molecule has 0 radical (unpaired) electrons. The van der Waals surface area contributed by atoms with Gasteiger partial charge in [0.25, 0.3) is 6.71 Å². The number of hydrogen-bond donors (Lipinski definition) is 1. The summed E-state index contributed by atoms with van der Waals surface area (Å²) in [6.45, 7) is 33.8. The minimum absolute atomic E-state index is 0.00470. The van der Waals surface area contributed by atoms with Crippen molar-refractivity contribution in [3.8, 4) is 11.1 Å². The van der Waals surface area contributed by atoms with Gasteiger partial charge in [-0.15, -0.1) is 0 Å². The molecule has 0 bridgehead atoms. The van der Waals surface area contributed by atoms with E-state index in [0.29, 0.717) is 6.67 Å². The first-order valence-electron chi connectivity index (χ1n) is 29.3. The van der Waals surface area contributed by atoms with Gasteiger partial charge >= 0.3 is 0 Å². The first-order valence-corrected chi connectivity index (χ1v) is 29.3. The molecule has 402 valence electrons. The Morgan fingerprint density at radius 2 is 1.05 bits per heavy atom. The van der Waals surface area contributed by atoms with Gasteiger partial charge in [-0.1, -0.05) is 187 Å². The zero-order chi connectivity index (χ0) is 56.1. The van der Waals surface area contributed by atoms with Gasteiger partial charge in [0.15, 0.2) is 0 Å². The number of hydrogen-bond acceptors (Lipinski definition) is 5. The lowest BCUT2D eigenvalue weighted by molar-refractivity contribution is 0.245. The highest BCUT2D eigenvalue weighted by Crippen LogP contribution is 2.64. The molecule has 0 amide bonds. The Kier molecular flexibility index (Phi) is 11.6. The van der Waals surface area contributed by atoms with E-state index in [9.17, 15) is 0 Å².